The maximum absolute atomic E-state index is 5.59. The Morgan fingerprint density at radius 1 is 0.895 bits per heavy atom. The lowest BCUT2D eigenvalue weighted by atomic mass is 10.5. The van der Waals surface area contributed by atoms with Crippen molar-refractivity contribution < 1.29 is 18.9 Å². The minimum Gasteiger partial charge on any atom is -0.379 e. The molecule has 2 rings (SSSR count). The standard InChI is InChI=1S/C14H28O4Si/c1-19(2,7-3-5-15-9-13-11-17-13)8-4-6-16-10-14-12-18-14/h13-14H,3-12H2,1-2H3. The van der Waals surface area contributed by atoms with Crippen molar-refractivity contribution in [3.05, 3.63) is 0 Å². The first-order valence-corrected chi connectivity index (χ1v) is 11.0. The van der Waals surface area contributed by atoms with E-state index in [2.05, 4.69) is 13.1 Å². The Morgan fingerprint density at radius 3 is 1.68 bits per heavy atom. The third kappa shape index (κ3) is 8.04. The van der Waals surface area contributed by atoms with Crippen molar-refractivity contribution in [2.75, 3.05) is 39.6 Å². The molecule has 4 nitrogen and oxygen atoms in total. The van der Waals surface area contributed by atoms with Crippen LogP contribution in [0.15, 0.2) is 0 Å². The number of hydrogen-bond acceptors (Lipinski definition) is 4. The number of ether oxygens (including phenoxy) is 4. The van der Waals surface area contributed by atoms with Crippen LogP contribution in [0.4, 0.5) is 0 Å². The van der Waals surface area contributed by atoms with Crippen LogP contribution >= 0.6 is 0 Å². The van der Waals surface area contributed by atoms with E-state index in [1.54, 1.807) is 0 Å². The summed E-state index contributed by atoms with van der Waals surface area (Å²) >= 11 is 0. The van der Waals surface area contributed by atoms with Gasteiger partial charge in [0.1, 0.15) is 12.2 Å². The van der Waals surface area contributed by atoms with Crippen LogP contribution in [0, 0.1) is 0 Å². The first kappa shape index (κ1) is 15.4. The van der Waals surface area contributed by atoms with Crippen LogP contribution in [0.5, 0.6) is 0 Å². The fourth-order valence-corrected chi connectivity index (χ4v) is 4.64. The third-order valence-corrected chi connectivity index (χ3v) is 7.11. The SMILES string of the molecule is C[Si](C)(CCCOCC1CO1)CCCOCC1CO1. The van der Waals surface area contributed by atoms with Crippen LogP contribution in [0.3, 0.4) is 0 Å². The maximum atomic E-state index is 5.59. The zero-order valence-corrected chi connectivity index (χ0v) is 13.4. The molecule has 0 radical (unpaired) electrons. The lowest BCUT2D eigenvalue weighted by Gasteiger charge is -2.22. The molecule has 5 heteroatoms. The predicted molar refractivity (Wildman–Crippen MR) is 77.4 cm³/mol. The average Bonchev–Trinajstić information content (AvgIpc) is 3.23. The van der Waals surface area contributed by atoms with Crippen LogP contribution in [0.2, 0.25) is 25.2 Å². The van der Waals surface area contributed by atoms with E-state index in [1.807, 2.05) is 0 Å². The summed E-state index contributed by atoms with van der Waals surface area (Å²) in [4.78, 5) is 0. The van der Waals surface area contributed by atoms with Crippen LogP contribution in [-0.2, 0) is 18.9 Å². The zero-order chi connectivity index (χ0) is 13.6. The summed E-state index contributed by atoms with van der Waals surface area (Å²) in [6.07, 6.45) is 3.20. The predicted octanol–water partition coefficient (Wildman–Crippen LogP) is 2.31. The Balaban J connectivity index is 1.38. The highest BCUT2D eigenvalue weighted by atomic mass is 28.3. The van der Waals surface area contributed by atoms with Crippen LogP contribution in [0.25, 0.3) is 0 Å². The van der Waals surface area contributed by atoms with Gasteiger partial charge in [-0.05, 0) is 12.8 Å². The molecule has 0 saturated carbocycles. The lowest BCUT2D eigenvalue weighted by molar-refractivity contribution is 0.115. The van der Waals surface area contributed by atoms with Gasteiger partial charge in [-0.1, -0.05) is 25.2 Å². The van der Waals surface area contributed by atoms with Gasteiger partial charge < -0.3 is 18.9 Å². The molecule has 0 aromatic heterocycles. The average molecular weight is 288 g/mol. The molecule has 2 heterocycles. The van der Waals surface area contributed by atoms with Gasteiger partial charge in [-0.3, -0.25) is 0 Å². The highest BCUT2D eigenvalue weighted by Crippen LogP contribution is 2.20. The second-order valence-corrected chi connectivity index (χ2v) is 11.8. The maximum Gasteiger partial charge on any atom is 0.104 e. The normalized spacial score (nSPS) is 25.6. The summed E-state index contributed by atoms with van der Waals surface area (Å²) in [5.74, 6) is 0. The van der Waals surface area contributed by atoms with Crippen molar-refractivity contribution in [1.29, 1.82) is 0 Å². The molecule has 0 spiro atoms. The molecule has 0 N–H and O–H groups in total. The van der Waals surface area contributed by atoms with Crippen molar-refractivity contribution in [3.63, 3.8) is 0 Å². The fourth-order valence-electron chi connectivity index (χ4n) is 2.19. The number of epoxide rings is 2. The van der Waals surface area contributed by atoms with E-state index in [0.29, 0.717) is 12.2 Å². The topological polar surface area (TPSA) is 43.5 Å². The first-order chi connectivity index (χ1) is 9.16. The van der Waals surface area contributed by atoms with E-state index >= 15 is 0 Å². The van der Waals surface area contributed by atoms with Crippen LogP contribution < -0.4 is 0 Å². The summed E-state index contributed by atoms with van der Waals surface area (Å²) in [5, 5.41) is 0. The molecule has 0 aromatic rings. The number of hydrogen-bond donors (Lipinski definition) is 0. The van der Waals surface area contributed by atoms with Gasteiger partial charge in [-0.25, -0.2) is 0 Å². The summed E-state index contributed by atoms with van der Waals surface area (Å²) in [6.45, 7) is 10.1. The molecule has 2 saturated heterocycles. The summed E-state index contributed by atoms with van der Waals surface area (Å²) in [5.41, 5.74) is 0. The molecule has 112 valence electrons. The number of rotatable bonds is 12. The Labute approximate surface area is 117 Å². The van der Waals surface area contributed by atoms with E-state index in [9.17, 15) is 0 Å². The molecule has 0 bridgehead atoms. The van der Waals surface area contributed by atoms with Gasteiger partial charge >= 0.3 is 0 Å². The van der Waals surface area contributed by atoms with Gasteiger partial charge in [-0.2, -0.15) is 0 Å². The van der Waals surface area contributed by atoms with Crippen LogP contribution in [-0.4, -0.2) is 59.9 Å². The smallest absolute Gasteiger partial charge is 0.104 e. The van der Waals surface area contributed by atoms with Gasteiger partial charge in [0.2, 0.25) is 0 Å². The van der Waals surface area contributed by atoms with Crippen molar-refractivity contribution in [1.82, 2.24) is 0 Å². The molecule has 2 atom stereocenters. The van der Waals surface area contributed by atoms with Gasteiger partial charge in [0.15, 0.2) is 0 Å². The first-order valence-electron chi connectivity index (χ1n) is 7.54. The van der Waals surface area contributed by atoms with Gasteiger partial charge in [0.25, 0.3) is 0 Å². The molecule has 19 heavy (non-hydrogen) atoms. The summed E-state index contributed by atoms with van der Waals surface area (Å²) < 4.78 is 21.4. The molecule has 2 aliphatic heterocycles. The van der Waals surface area contributed by atoms with E-state index < -0.39 is 8.07 Å². The molecule has 0 amide bonds. The van der Waals surface area contributed by atoms with E-state index in [1.165, 1.54) is 24.9 Å². The molecule has 2 aliphatic rings. The molecular formula is C14H28O4Si. The van der Waals surface area contributed by atoms with Crippen molar-refractivity contribution in [2.24, 2.45) is 0 Å². The van der Waals surface area contributed by atoms with Crippen molar-refractivity contribution >= 4 is 8.07 Å². The second-order valence-electron chi connectivity index (χ2n) is 6.43. The Bertz CT molecular complexity index is 228. The third-order valence-electron chi connectivity index (χ3n) is 3.70. The molecule has 0 aromatic carbocycles. The van der Waals surface area contributed by atoms with E-state index in [0.717, 1.165) is 39.6 Å². The molecule has 0 aliphatic carbocycles. The monoisotopic (exact) mass is 288 g/mol. The molecule has 2 fully saturated rings. The zero-order valence-electron chi connectivity index (χ0n) is 12.4. The van der Waals surface area contributed by atoms with Gasteiger partial charge in [0.05, 0.1) is 26.4 Å². The minimum absolute atomic E-state index is 0.401. The lowest BCUT2D eigenvalue weighted by Crippen LogP contribution is -2.26. The Kier molecular flexibility index (Phi) is 6.29. The highest BCUT2D eigenvalue weighted by Gasteiger charge is 2.24. The Morgan fingerprint density at radius 2 is 1.32 bits per heavy atom. The Hall–Kier alpha value is 0.0569. The van der Waals surface area contributed by atoms with Crippen molar-refractivity contribution in [3.8, 4) is 0 Å². The minimum atomic E-state index is -1.05. The highest BCUT2D eigenvalue weighted by molar-refractivity contribution is 6.77. The largest absolute Gasteiger partial charge is 0.379 e. The second kappa shape index (κ2) is 7.74. The quantitative estimate of drug-likeness (QED) is 0.314. The van der Waals surface area contributed by atoms with Gasteiger partial charge in [0, 0.05) is 21.3 Å². The fraction of sp³-hybridized carbons (Fsp3) is 1.00. The summed E-state index contributed by atoms with van der Waals surface area (Å²) in [6, 6.07) is 2.70. The van der Waals surface area contributed by atoms with Gasteiger partial charge in [-0.15, -0.1) is 0 Å². The van der Waals surface area contributed by atoms with Crippen LogP contribution in [0.1, 0.15) is 12.8 Å². The van der Waals surface area contributed by atoms with E-state index in [-0.39, 0.29) is 0 Å². The molecular weight excluding hydrogens is 260 g/mol. The van der Waals surface area contributed by atoms with Crippen molar-refractivity contribution in [2.45, 2.75) is 50.2 Å². The van der Waals surface area contributed by atoms with E-state index in [4.69, 9.17) is 18.9 Å². The summed E-state index contributed by atoms with van der Waals surface area (Å²) in [7, 11) is -1.05. The molecule has 2 unspecified atom stereocenters.